The van der Waals surface area contributed by atoms with E-state index in [2.05, 4.69) is 27.5 Å². The van der Waals surface area contributed by atoms with Crippen LogP contribution < -0.4 is 0 Å². The van der Waals surface area contributed by atoms with Gasteiger partial charge in [0, 0.05) is 4.47 Å². The summed E-state index contributed by atoms with van der Waals surface area (Å²) in [5, 5.41) is 0.394. The molecule has 2 aliphatic heterocycles. The van der Waals surface area contributed by atoms with Gasteiger partial charge in [-0.25, -0.2) is 9.79 Å². The van der Waals surface area contributed by atoms with Crippen molar-refractivity contribution in [1.29, 1.82) is 0 Å². The largest absolute Gasteiger partial charge is 0.458 e. The number of halogens is 1. The second-order valence-corrected chi connectivity index (χ2v) is 7.93. The lowest BCUT2D eigenvalue weighted by Crippen LogP contribution is -2.40. The van der Waals surface area contributed by atoms with Gasteiger partial charge in [0.2, 0.25) is 5.91 Å². The number of amides is 1. The van der Waals surface area contributed by atoms with Gasteiger partial charge in [-0.15, -0.1) is 0 Å². The van der Waals surface area contributed by atoms with Gasteiger partial charge in [-0.2, -0.15) is 0 Å². The van der Waals surface area contributed by atoms with Crippen molar-refractivity contribution in [3.8, 4) is 0 Å². The maximum absolute atomic E-state index is 12.7. The van der Waals surface area contributed by atoms with Gasteiger partial charge in [-0.3, -0.25) is 9.69 Å². The fourth-order valence-electron chi connectivity index (χ4n) is 2.87. The minimum Gasteiger partial charge on any atom is -0.458 e. The molecule has 0 radical (unpaired) electrons. The number of rotatable bonds is 4. The number of hydrogen-bond donors (Lipinski definition) is 0. The van der Waals surface area contributed by atoms with Gasteiger partial charge in [0.25, 0.3) is 0 Å². The second kappa shape index (κ2) is 7.17. The highest BCUT2D eigenvalue weighted by molar-refractivity contribution is 9.10. The molecule has 2 atom stereocenters. The van der Waals surface area contributed by atoms with E-state index in [1.54, 1.807) is 11.8 Å². The van der Waals surface area contributed by atoms with Crippen LogP contribution in [0, 0.1) is 0 Å². The first kappa shape index (κ1) is 17.9. The van der Waals surface area contributed by atoms with E-state index >= 15 is 0 Å². The molecule has 0 bridgehead atoms. The number of ether oxygens (including phenoxy) is 1. The number of hydrogen-bond acceptors (Lipinski definition) is 5. The Bertz CT molecular complexity index is 818. The topological polar surface area (TPSA) is 59.0 Å². The summed E-state index contributed by atoms with van der Waals surface area (Å²) in [7, 11) is 0. The zero-order valence-electron chi connectivity index (χ0n) is 13.9. The summed E-state index contributed by atoms with van der Waals surface area (Å²) in [6, 6.07) is 7.03. The van der Waals surface area contributed by atoms with Crippen molar-refractivity contribution in [1.82, 2.24) is 4.90 Å². The standard InChI is InChI=1S/C18H17BrN2O3S/c1-4-8-24-17(23)14-10(2)20-18-21(16(22)11(3)25-18)15(14)12-6-5-7-13(19)9-12/h4-7,9,11,15H,1,8H2,2-3H3. The van der Waals surface area contributed by atoms with Crippen molar-refractivity contribution in [2.24, 2.45) is 4.99 Å². The third-order valence-corrected chi connectivity index (χ3v) is 5.52. The molecule has 130 valence electrons. The predicted octanol–water partition coefficient (Wildman–Crippen LogP) is 3.83. The second-order valence-electron chi connectivity index (χ2n) is 5.71. The van der Waals surface area contributed by atoms with Crippen LogP contribution in [0.5, 0.6) is 0 Å². The highest BCUT2D eigenvalue weighted by Crippen LogP contribution is 2.43. The number of nitrogens with zero attached hydrogens (tertiary/aromatic N) is 2. The van der Waals surface area contributed by atoms with Crippen molar-refractivity contribution in [2.45, 2.75) is 25.1 Å². The molecule has 1 aromatic rings. The molecule has 0 N–H and O–H groups in total. The summed E-state index contributed by atoms with van der Waals surface area (Å²) in [5.41, 5.74) is 1.78. The maximum atomic E-state index is 12.7. The number of aliphatic imine (C=N–C) groups is 1. The van der Waals surface area contributed by atoms with Gasteiger partial charge in [0.1, 0.15) is 6.61 Å². The number of carbonyl (C=O) groups is 2. The third-order valence-electron chi connectivity index (χ3n) is 3.97. The molecule has 7 heteroatoms. The van der Waals surface area contributed by atoms with E-state index in [-0.39, 0.29) is 17.8 Å². The van der Waals surface area contributed by atoms with Crippen molar-refractivity contribution in [2.75, 3.05) is 6.61 Å². The van der Waals surface area contributed by atoms with Crippen LogP contribution in [-0.2, 0) is 14.3 Å². The van der Waals surface area contributed by atoms with Crippen molar-refractivity contribution in [3.05, 3.63) is 58.2 Å². The lowest BCUT2D eigenvalue weighted by Gasteiger charge is -2.33. The maximum Gasteiger partial charge on any atom is 0.338 e. The fraction of sp³-hybridized carbons (Fsp3) is 0.278. The van der Waals surface area contributed by atoms with Gasteiger partial charge < -0.3 is 4.74 Å². The average Bonchev–Trinajstić information content (AvgIpc) is 2.85. The normalized spacial score (nSPS) is 22.6. The van der Waals surface area contributed by atoms with Crippen LogP contribution >= 0.6 is 27.7 Å². The number of allylic oxidation sites excluding steroid dienone is 1. The number of esters is 1. The quantitative estimate of drug-likeness (QED) is 0.548. The fourth-order valence-corrected chi connectivity index (χ4v) is 4.31. The Kier molecular flexibility index (Phi) is 5.15. The van der Waals surface area contributed by atoms with Gasteiger partial charge in [0.05, 0.1) is 22.6 Å². The van der Waals surface area contributed by atoms with Crippen LogP contribution in [0.15, 0.2) is 57.7 Å². The smallest absolute Gasteiger partial charge is 0.338 e. The molecule has 0 spiro atoms. The van der Waals surface area contributed by atoms with Crippen molar-refractivity contribution < 1.29 is 14.3 Å². The first-order valence-corrected chi connectivity index (χ1v) is 9.44. The summed E-state index contributed by atoms with van der Waals surface area (Å²) < 4.78 is 6.13. The summed E-state index contributed by atoms with van der Waals surface area (Å²) in [6.45, 7) is 7.29. The molecule has 3 rings (SSSR count). The molecule has 2 heterocycles. The highest BCUT2D eigenvalue weighted by atomic mass is 79.9. The lowest BCUT2D eigenvalue weighted by molar-refractivity contribution is -0.139. The molecule has 1 amide bonds. The van der Waals surface area contributed by atoms with Gasteiger partial charge in [-0.05, 0) is 31.5 Å². The Morgan fingerprint density at radius 3 is 2.96 bits per heavy atom. The van der Waals surface area contributed by atoms with Crippen LogP contribution in [0.1, 0.15) is 25.5 Å². The first-order valence-electron chi connectivity index (χ1n) is 7.76. The Morgan fingerprint density at radius 1 is 1.52 bits per heavy atom. The van der Waals surface area contributed by atoms with E-state index < -0.39 is 12.0 Å². The number of benzene rings is 1. The number of fused-ring (bicyclic) bond motifs is 1. The van der Waals surface area contributed by atoms with E-state index in [1.165, 1.54) is 17.8 Å². The lowest BCUT2D eigenvalue weighted by atomic mass is 9.94. The van der Waals surface area contributed by atoms with Gasteiger partial charge >= 0.3 is 5.97 Å². The van der Waals surface area contributed by atoms with Crippen LogP contribution in [0.25, 0.3) is 0 Å². The van der Waals surface area contributed by atoms with Gasteiger partial charge in [0.15, 0.2) is 5.17 Å². The van der Waals surface area contributed by atoms with E-state index in [1.807, 2.05) is 31.2 Å². The molecular weight excluding hydrogens is 404 g/mol. The monoisotopic (exact) mass is 420 g/mol. The number of carbonyl (C=O) groups excluding carboxylic acids is 2. The molecular formula is C18H17BrN2O3S. The molecule has 0 aromatic heterocycles. The predicted molar refractivity (Wildman–Crippen MR) is 102 cm³/mol. The zero-order valence-corrected chi connectivity index (χ0v) is 16.3. The van der Waals surface area contributed by atoms with E-state index in [0.717, 1.165) is 10.0 Å². The summed E-state index contributed by atoms with van der Waals surface area (Å²) >= 11 is 4.87. The molecule has 5 nitrogen and oxygen atoms in total. The third kappa shape index (κ3) is 3.30. The Balaban J connectivity index is 2.13. The molecule has 25 heavy (non-hydrogen) atoms. The first-order chi connectivity index (χ1) is 11.9. The van der Waals surface area contributed by atoms with E-state index in [0.29, 0.717) is 16.4 Å². The summed E-state index contributed by atoms with van der Waals surface area (Å²) in [5.74, 6) is -0.544. The molecule has 0 saturated carbocycles. The van der Waals surface area contributed by atoms with Crippen LogP contribution in [-0.4, -0.2) is 33.8 Å². The molecule has 1 saturated heterocycles. The summed E-state index contributed by atoms with van der Waals surface area (Å²) in [4.78, 5) is 31.5. The summed E-state index contributed by atoms with van der Waals surface area (Å²) in [6.07, 6.45) is 1.51. The van der Waals surface area contributed by atoms with Gasteiger partial charge in [-0.1, -0.05) is 52.5 Å². The average molecular weight is 421 g/mol. The highest BCUT2D eigenvalue weighted by Gasteiger charge is 2.46. The Hall–Kier alpha value is -1.86. The van der Waals surface area contributed by atoms with E-state index in [9.17, 15) is 9.59 Å². The number of amidine groups is 1. The molecule has 0 aliphatic carbocycles. The minimum absolute atomic E-state index is 0.0600. The van der Waals surface area contributed by atoms with E-state index in [4.69, 9.17) is 4.74 Å². The Morgan fingerprint density at radius 2 is 2.28 bits per heavy atom. The zero-order chi connectivity index (χ0) is 18.1. The minimum atomic E-state index is -0.549. The molecule has 1 fully saturated rings. The SMILES string of the molecule is C=CCOC(=O)C1=C(C)N=C2SC(C)C(=O)N2C1c1cccc(Br)c1. The molecule has 2 aliphatic rings. The molecule has 2 unspecified atom stereocenters. The van der Waals surface area contributed by atoms with Crippen LogP contribution in [0.4, 0.5) is 0 Å². The van der Waals surface area contributed by atoms with Crippen molar-refractivity contribution >= 4 is 44.7 Å². The van der Waals surface area contributed by atoms with Crippen molar-refractivity contribution in [3.63, 3.8) is 0 Å². The molecule has 1 aromatic carbocycles. The Labute approximate surface area is 159 Å². The van der Waals surface area contributed by atoms with Crippen LogP contribution in [0.2, 0.25) is 0 Å². The number of thioether (sulfide) groups is 1. The van der Waals surface area contributed by atoms with Crippen LogP contribution in [0.3, 0.4) is 0 Å².